The van der Waals surface area contributed by atoms with E-state index in [0.717, 1.165) is 25.0 Å². The number of halogens is 2. The van der Waals surface area contributed by atoms with Gasteiger partial charge in [-0.1, -0.05) is 0 Å². The van der Waals surface area contributed by atoms with Gasteiger partial charge in [-0.05, 0) is 30.9 Å². The van der Waals surface area contributed by atoms with Gasteiger partial charge in [-0.15, -0.1) is 0 Å². The van der Waals surface area contributed by atoms with Gasteiger partial charge in [0.2, 0.25) is 0 Å². The Bertz CT molecular complexity index is 478. The minimum atomic E-state index is -0.690. The van der Waals surface area contributed by atoms with Gasteiger partial charge in [-0.25, -0.2) is 8.78 Å². The summed E-state index contributed by atoms with van der Waals surface area (Å²) in [7, 11) is 1.67. The molecule has 0 radical (unpaired) electrons. The molecule has 3 N–H and O–H groups in total. The zero-order valence-corrected chi connectivity index (χ0v) is 11.5. The van der Waals surface area contributed by atoms with Crippen molar-refractivity contribution in [1.82, 2.24) is 0 Å². The molecule has 1 aliphatic heterocycles. The molecule has 2 rings (SSSR count). The van der Waals surface area contributed by atoms with Crippen molar-refractivity contribution >= 4 is 11.5 Å². The highest BCUT2D eigenvalue weighted by Gasteiger charge is 2.21. The fourth-order valence-electron chi connectivity index (χ4n) is 2.49. The quantitative estimate of drug-likeness (QED) is 0.657. The van der Waals surface area contributed by atoms with E-state index >= 15 is 0 Å². The highest BCUT2D eigenvalue weighted by molar-refractivity contribution is 5.95. The van der Waals surface area contributed by atoms with Crippen LogP contribution in [0.3, 0.4) is 0 Å². The van der Waals surface area contributed by atoms with Crippen molar-refractivity contribution in [2.24, 2.45) is 11.7 Å². The largest absolute Gasteiger partial charge is 0.384 e. The molecule has 1 saturated heterocycles. The third kappa shape index (κ3) is 3.25. The second-order valence-electron chi connectivity index (χ2n) is 5.14. The maximum Gasteiger partial charge on any atom is 0.150 e. The average Bonchev–Trinajstić information content (AvgIpc) is 2.38. The first-order valence-electron chi connectivity index (χ1n) is 6.61. The number of anilines is 1. The Balaban J connectivity index is 2.16. The van der Waals surface area contributed by atoms with Gasteiger partial charge in [0.1, 0.15) is 23.2 Å². The van der Waals surface area contributed by atoms with Crippen LogP contribution >= 0.6 is 0 Å². The first-order valence-corrected chi connectivity index (χ1v) is 6.61. The first-order chi connectivity index (χ1) is 9.49. The van der Waals surface area contributed by atoms with Crippen LogP contribution in [0, 0.1) is 23.0 Å². The van der Waals surface area contributed by atoms with E-state index in [1.54, 1.807) is 11.9 Å². The number of hydrogen-bond donors (Lipinski definition) is 2. The Morgan fingerprint density at radius 3 is 2.40 bits per heavy atom. The molecule has 0 saturated carbocycles. The topological polar surface area (TPSA) is 62.3 Å². The molecule has 0 amide bonds. The number of hydrogen-bond acceptors (Lipinski definition) is 3. The van der Waals surface area contributed by atoms with Crippen LogP contribution in [0.5, 0.6) is 0 Å². The first kappa shape index (κ1) is 14.7. The molecule has 0 aliphatic carbocycles. The number of nitrogens with one attached hydrogen (secondary N) is 1. The van der Waals surface area contributed by atoms with Crippen LogP contribution in [0.1, 0.15) is 18.4 Å². The van der Waals surface area contributed by atoms with E-state index in [1.165, 1.54) is 0 Å². The summed E-state index contributed by atoms with van der Waals surface area (Å²) < 4.78 is 33.3. The summed E-state index contributed by atoms with van der Waals surface area (Å²) in [6.45, 7) is 1.98. The van der Waals surface area contributed by atoms with E-state index in [2.05, 4.69) is 0 Å². The summed E-state index contributed by atoms with van der Waals surface area (Å²) >= 11 is 0. The van der Waals surface area contributed by atoms with Crippen molar-refractivity contribution in [3.63, 3.8) is 0 Å². The normalized spacial score (nSPS) is 16.1. The third-order valence-electron chi connectivity index (χ3n) is 3.58. The molecule has 0 atom stereocenters. The van der Waals surface area contributed by atoms with Crippen molar-refractivity contribution in [3.05, 3.63) is 29.3 Å². The number of amidine groups is 1. The number of benzene rings is 1. The molecule has 0 bridgehead atoms. The summed E-state index contributed by atoms with van der Waals surface area (Å²) in [6.07, 6.45) is 1.80. The Labute approximate surface area is 117 Å². The molecular weight excluding hydrogens is 264 g/mol. The van der Waals surface area contributed by atoms with E-state index < -0.39 is 11.6 Å². The summed E-state index contributed by atoms with van der Waals surface area (Å²) in [5.74, 6) is -1.35. The number of ether oxygens (including phenoxy) is 1. The monoisotopic (exact) mass is 283 g/mol. The van der Waals surface area contributed by atoms with Crippen molar-refractivity contribution in [3.8, 4) is 0 Å². The fraction of sp³-hybridized carbons (Fsp3) is 0.500. The summed E-state index contributed by atoms with van der Waals surface area (Å²) in [6, 6.07) is 2.20. The van der Waals surface area contributed by atoms with Gasteiger partial charge >= 0.3 is 0 Å². The van der Waals surface area contributed by atoms with Gasteiger partial charge in [0.05, 0.1) is 0 Å². The maximum absolute atomic E-state index is 14.0. The van der Waals surface area contributed by atoms with Crippen LogP contribution in [-0.2, 0) is 4.74 Å². The van der Waals surface area contributed by atoms with Gasteiger partial charge in [0.15, 0.2) is 0 Å². The molecule has 0 aromatic heterocycles. The van der Waals surface area contributed by atoms with Gasteiger partial charge in [-0.3, -0.25) is 5.41 Å². The summed E-state index contributed by atoms with van der Waals surface area (Å²) in [5, 5.41) is 7.23. The molecule has 0 spiro atoms. The highest BCUT2D eigenvalue weighted by Crippen LogP contribution is 2.26. The Kier molecular flexibility index (Phi) is 4.54. The molecule has 1 aliphatic rings. The number of rotatable bonds is 4. The van der Waals surface area contributed by atoms with E-state index in [9.17, 15) is 8.78 Å². The molecule has 1 heterocycles. The Hall–Kier alpha value is -1.69. The second kappa shape index (κ2) is 6.17. The van der Waals surface area contributed by atoms with E-state index in [-0.39, 0.29) is 17.1 Å². The van der Waals surface area contributed by atoms with Gasteiger partial charge in [0.25, 0.3) is 0 Å². The molecule has 6 heteroatoms. The predicted molar refractivity (Wildman–Crippen MR) is 74.2 cm³/mol. The lowest BCUT2D eigenvalue weighted by molar-refractivity contribution is 0.0684. The lowest BCUT2D eigenvalue weighted by Gasteiger charge is -2.29. The van der Waals surface area contributed by atoms with Gasteiger partial charge in [-0.2, -0.15) is 0 Å². The molecule has 1 aromatic carbocycles. The minimum absolute atomic E-state index is 0.0585. The SMILES string of the molecule is CN(CC1CCOCC1)c1c(F)cc(C(=N)N)cc1F. The van der Waals surface area contributed by atoms with E-state index in [0.29, 0.717) is 25.7 Å². The Morgan fingerprint density at radius 1 is 1.35 bits per heavy atom. The molecular formula is C14H19F2N3O. The van der Waals surface area contributed by atoms with Gasteiger partial charge < -0.3 is 15.4 Å². The van der Waals surface area contributed by atoms with Crippen LogP contribution < -0.4 is 10.6 Å². The van der Waals surface area contributed by atoms with Crippen molar-refractivity contribution in [1.29, 1.82) is 5.41 Å². The maximum atomic E-state index is 14.0. The zero-order valence-electron chi connectivity index (χ0n) is 11.5. The van der Waals surface area contributed by atoms with E-state index in [1.807, 2.05) is 0 Å². The minimum Gasteiger partial charge on any atom is -0.384 e. The van der Waals surface area contributed by atoms with Crippen LogP contribution in [-0.4, -0.2) is 32.6 Å². The number of nitrogen functional groups attached to an aromatic ring is 1. The number of nitrogens with two attached hydrogens (primary N) is 1. The summed E-state index contributed by atoms with van der Waals surface area (Å²) in [5.41, 5.74) is 5.24. The Morgan fingerprint density at radius 2 is 1.90 bits per heavy atom. The van der Waals surface area contributed by atoms with Gasteiger partial charge in [0, 0.05) is 32.4 Å². The van der Waals surface area contributed by atoms with Crippen molar-refractivity contribution < 1.29 is 13.5 Å². The molecule has 0 unspecified atom stereocenters. The standard InChI is InChI=1S/C14H19F2N3O/c1-19(8-9-2-4-20-5-3-9)13-11(15)6-10(14(17)18)7-12(13)16/h6-7,9H,2-5,8H2,1H3,(H3,17,18). The van der Waals surface area contributed by atoms with Crippen molar-refractivity contribution in [2.45, 2.75) is 12.8 Å². The fourth-order valence-corrected chi connectivity index (χ4v) is 2.49. The van der Waals surface area contributed by atoms with Crippen LogP contribution in [0.25, 0.3) is 0 Å². The second-order valence-corrected chi connectivity index (χ2v) is 5.14. The lowest BCUT2D eigenvalue weighted by atomic mass is 9.99. The van der Waals surface area contributed by atoms with Crippen molar-refractivity contribution in [2.75, 3.05) is 31.7 Å². The molecule has 110 valence electrons. The highest BCUT2D eigenvalue weighted by atomic mass is 19.1. The zero-order chi connectivity index (χ0) is 14.7. The predicted octanol–water partition coefficient (Wildman–Crippen LogP) is 2.11. The smallest absolute Gasteiger partial charge is 0.150 e. The summed E-state index contributed by atoms with van der Waals surface area (Å²) in [4.78, 5) is 1.59. The molecule has 1 fully saturated rings. The van der Waals surface area contributed by atoms with E-state index in [4.69, 9.17) is 15.9 Å². The third-order valence-corrected chi connectivity index (χ3v) is 3.58. The number of nitrogens with zero attached hydrogens (tertiary/aromatic N) is 1. The van der Waals surface area contributed by atoms with Crippen LogP contribution in [0.4, 0.5) is 14.5 Å². The van der Waals surface area contributed by atoms with Crippen LogP contribution in [0.15, 0.2) is 12.1 Å². The molecule has 4 nitrogen and oxygen atoms in total. The molecule has 20 heavy (non-hydrogen) atoms. The van der Waals surface area contributed by atoms with Crippen LogP contribution in [0.2, 0.25) is 0 Å². The lowest BCUT2D eigenvalue weighted by Crippen LogP contribution is -2.30. The molecule has 1 aromatic rings. The average molecular weight is 283 g/mol.